The Kier molecular flexibility index (Phi) is 4.14. The number of ether oxygens (including phenoxy) is 1. The maximum absolute atomic E-state index is 11.2. The highest BCUT2D eigenvalue weighted by molar-refractivity contribution is 9.10. The Balaban J connectivity index is 2.32. The lowest BCUT2D eigenvalue weighted by atomic mass is 9.90. The first-order valence-corrected chi connectivity index (χ1v) is 8.04. The first-order valence-electron chi connectivity index (χ1n) is 6.87. The van der Waals surface area contributed by atoms with E-state index < -0.39 is 34.3 Å². The number of aliphatic hydroxyl groups excluding tert-OH is 3. The Hall–Kier alpha value is -0.910. The predicted molar refractivity (Wildman–Crippen MR) is 86.4 cm³/mol. The van der Waals surface area contributed by atoms with Crippen molar-refractivity contribution < 1.29 is 35.4 Å². The molecule has 1 fully saturated rings. The van der Waals surface area contributed by atoms with Gasteiger partial charge in [0.15, 0.2) is 12.4 Å². The number of nitrogens with zero attached hydrogens (tertiary/aromatic N) is 1. The second kappa shape index (κ2) is 5.55. The van der Waals surface area contributed by atoms with Gasteiger partial charge in [-0.05, 0) is 28.1 Å². The van der Waals surface area contributed by atoms with Crippen LogP contribution >= 0.6 is 27.5 Å². The van der Waals surface area contributed by atoms with E-state index in [2.05, 4.69) is 15.9 Å². The van der Waals surface area contributed by atoms with Crippen LogP contribution in [0.1, 0.15) is 0 Å². The molecule has 0 unspecified atom stereocenters. The standard InChI is InChI=1S/C14H15BrClNO7/c15-14(23)12(16,6-18)24-11(21)10(20)13(14,22)17-5-9(19)7-3-1-2-4-8(7)17/h1-5,10-11,18-23H,6H2/t10-,11-,12+,13+,14-/m0/s1. The van der Waals surface area contributed by atoms with Crippen LogP contribution in [0.4, 0.5) is 0 Å². The number of halogens is 2. The molecule has 1 aliphatic rings. The molecule has 5 atom stereocenters. The van der Waals surface area contributed by atoms with Crippen molar-refractivity contribution in [1.82, 2.24) is 4.57 Å². The summed E-state index contributed by atoms with van der Waals surface area (Å²) in [5.74, 6) is -0.236. The van der Waals surface area contributed by atoms with Gasteiger partial charge in [0.25, 0.3) is 0 Å². The maximum atomic E-state index is 11.2. The smallest absolute Gasteiger partial charge is 0.217 e. The largest absolute Gasteiger partial charge is 0.506 e. The zero-order valence-corrected chi connectivity index (χ0v) is 14.4. The number of hydrogen-bond donors (Lipinski definition) is 6. The molecule has 2 heterocycles. The van der Waals surface area contributed by atoms with Gasteiger partial charge in [0.2, 0.25) is 15.3 Å². The van der Waals surface area contributed by atoms with Crippen LogP contribution in [0.15, 0.2) is 30.5 Å². The number of aliphatic hydroxyl groups is 5. The highest BCUT2D eigenvalue weighted by atomic mass is 79.9. The predicted octanol–water partition coefficient (Wildman–Crippen LogP) is -0.288. The molecule has 6 N–H and O–H groups in total. The molecule has 1 aromatic heterocycles. The van der Waals surface area contributed by atoms with E-state index in [4.69, 9.17) is 16.3 Å². The molecule has 0 amide bonds. The van der Waals surface area contributed by atoms with Crippen LogP contribution in [-0.4, -0.2) is 63.8 Å². The quantitative estimate of drug-likeness (QED) is 0.365. The number of rotatable bonds is 2. The molecule has 0 aliphatic carbocycles. The molecule has 3 rings (SSSR count). The van der Waals surface area contributed by atoms with Crippen LogP contribution in [0.2, 0.25) is 0 Å². The molecule has 1 aliphatic heterocycles. The first kappa shape index (κ1) is 17.9. The lowest BCUT2D eigenvalue weighted by molar-refractivity contribution is -0.367. The average molecular weight is 425 g/mol. The monoisotopic (exact) mass is 423 g/mol. The third kappa shape index (κ3) is 2.07. The summed E-state index contributed by atoms with van der Waals surface area (Å²) in [4.78, 5) is 0. The van der Waals surface area contributed by atoms with Crippen molar-refractivity contribution in [1.29, 1.82) is 0 Å². The van der Waals surface area contributed by atoms with E-state index in [1.165, 1.54) is 6.07 Å². The fourth-order valence-corrected chi connectivity index (χ4v) is 3.77. The summed E-state index contributed by atoms with van der Waals surface area (Å²) < 4.78 is 3.19. The molecule has 1 aromatic carbocycles. The summed E-state index contributed by atoms with van der Waals surface area (Å²) in [5, 5.41) is 59.7. The van der Waals surface area contributed by atoms with Crippen LogP contribution in [-0.2, 0) is 10.5 Å². The first-order chi connectivity index (χ1) is 11.1. The summed E-state index contributed by atoms with van der Waals surface area (Å²) >= 11 is 8.84. The van der Waals surface area contributed by atoms with Crippen LogP contribution in [0.3, 0.4) is 0 Å². The highest BCUT2D eigenvalue weighted by Crippen LogP contribution is 2.53. The van der Waals surface area contributed by atoms with Crippen LogP contribution in [0.5, 0.6) is 5.75 Å². The number of benzene rings is 1. The maximum Gasteiger partial charge on any atom is 0.217 e. The van der Waals surface area contributed by atoms with Crippen molar-refractivity contribution in [3.8, 4) is 5.75 Å². The third-order valence-corrected chi connectivity index (χ3v) is 6.17. The number of fused-ring (bicyclic) bond motifs is 1. The summed E-state index contributed by atoms with van der Waals surface area (Å²) in [6.07, 6.45) is -3.04. The molecule has 24 heavy (non-hydrogen) atoms. The van der Waals surface area contributed by atoms with Gasteiger partial charge in [0, 0.05) is 11.6 Å². The van der Waals surface area contributed by atoms with E-state index in [0.29, 0.717) is 5.39 Å². The second-order valence-corrected chi connectivity index (χ2v) is 7.35. The number of para-hydroxylation sites is 1. The van der Waals surface area contributed by atoms with Gasteiger partial charge in [0.1, 0.15) is 5.75 Å². The summed E-state index contributed by atoms with van der Waals surface area (Å²) in [5.41, 5.74) is -2.46. The molecule has 0 bridgehead atoms. The van der Waals surface area contributed by atoms with Gasteiger partial charge in [-0.25, -0.2) is 0 Å². The minimum atomic E-state index is -2.70. The molecule has 2 aromatic rings. The van der Waals surface area contributed by atoms with Gasteiger partial charge in [0.05, 0.1) is 12.1 Å². The Labute approximate surface area is 149 Å². The Morgan fingerprint density at radius 1 is 1.25 bits per heavy atom. The molecule has 0 radical (unpaired) electrons. The van der Waals surface area contributed by atoms with Gasteiger partial charge < -0.3 is 39.9 Å². The molecule has 1 saturated heterocycles. The van der Waals surface area contributed by atoms with Crippen molar-refractivity contribution >= 4 is 38.4 Å². The highest BCUT2D eigenvalue weighted by Gasteiger charge is 2.72. The van der Waals surface area contributed by atoms with Gasteiger partial charge in [-0.1, -0.05) is 23.7 Å². The van der Waals surface area contributed by atoms with Gasteiger partial charge in [-0.15, -0.1) is 0 Å². The fourth-order valence-electron chi connectivity index (χ4n) is 2.89. The van der Waals surface area contributed by atoms with E-state index >= 15 is 0 Å². The number of alkyl halides is 2. The third-order valence-electron chi connectivity index (χ3n) is 4.23. The summed E-state index contributed by atoms with van der Waals surface area (Å²) in [6, 6.07) is 6.32. The van der Waals surface area contributed by atoms with Crippen LogP contribution < -0.4 is 0 Å². The van der Waals surface area contributed by atoms with E-state index in [1.54, 1.807) is 18.2 Å². The van der Waals surface area contributed by atoms with E-state index in [0.717, 1.165) is 10.8 Å². The molecule has 10 heteroatoms. The van der Waals surface area contributed by atoms with Crippen molar-refractivity contribution in [2.75, 3.05) is 6.61 Å². The molecule has 0 spiro atoms. The molecule has 8 nitrogen and oxygen atoms in total. The van der Waals surface area contributed by atoms with Gasteiger partial charge in [-0.2, -0.15) is 0 Å². The van der Waals surface area contributed by atoms with E-state index in [1.807, 2.05) is 0 Å². The SMILES string of the molecule is OC[C@@]1(Cl)O[C@H](O)[C@H](O)[C@](O)(n2cc(O)c3ccccc32)[C@]1(O)Br. The lowest BCUT2D eigenvalue weighted by Crippen LogP contribution is -2.75. The second-order valence-electron chi connectivity index (χ2n) is 5.59. The zero-order valence-electron chi connectivity index (χ0n) is 12.0. The number of aromatic nitrogens is 1. The molecular weight excluding hydrogens is 410 g/mol. The van der Waals surface area contributed by atoms with Crippen molar-refractivity contribution in [3.63, 3.8) is 0 Å². The number of aromatic hydroxyl groups is 1. The normalized spacial score (nSPS) is 40.1. The van der Waals surface area contributed by atoms with Crippen molar-refractivity contribution in [2.45, 2.75) is 27.7 Å². The topological polar surface area (TPSA) is 136 Å². The number of hydrogen-bond acceptors (Lipinski definition) is 7. The van der Waals surface area contributed by atoms with E-state index in [9.17, 15) is 30.6 Å². The van der Waals surface area contributed by atoms with Crippen molar-refractivity contribution in [3.05, 3.63) is 30.5 Å². The Morgan fingerprint density at radius 2 is 1.88 bits per heavy atom. The summed E-state index contributed by atoms with van der Waals surface area (Å²) in [7, 11) is 0. The minimum Gasteiger partial charge on any atom is -0.506 e. The Morgan fingerprint density at radius 3 is 2.50 bits per heavy atom. The Bertz CT molecular complexity index is 784. The van der Waals surface area contributed by atoms with Crippen LogP contribution in [0, 0.1) is 0 Å². The molecule has 0 saturated carbocycles. The zero-order chi connectivity index (χ0) is 17.9. The fraction of sp³-hybridized carbons (Fsp3) is 0.429. The molecule has 132 valence electrons. The van der Waals surface area contributed by atoms with Gasteiger partial charge in [-0.3, -0.25) is 0 Å². The summed E-state index contributed by atoms with van der Waals surface area (Å²) in [6.45, 7) is -1.01. The van der Waals surface area contributed by atoms with Crippen molar-refractivity contribution in [2.24, 2.45) is 0 Å². The van der Waals surface area contributed by atoms with Gasteiger partial charge >= 0.3 is 0 Å². The van der Waals surface area contributed by atoms with E-state index in [-0.39, 0.29) is 11.3 Å². The molecular formula is C14H15BrClNO7. The minimum absolute atomic E-state index is 0.236. The lowest BCUT2D eigenvalue weighted by Gasteiger charge is -2.55. The van der Waals surface area contributed by atoms with Crippen LogP contribution in [0.25, 0.3) is 10.9 Å². The average Bonchev–Trinajstić information content (AvgIpc) is 2.89.